The highest BCUT2D eigenvalue weighted by Crippen LogP contribution is 2.23. The Labute approximate surface area is 125 Å². The number of benzene rings is 1. The topological polar surface area (TPSA) is 35.2 Å². The van der Waals surface area contributed by atoms with Gasteiger partial charge >= 0.3 is 0 Å². The number of hydrogen-bond donors (Lipinski definition) is 1. The van der Waals surface area contributed by atoms with Gasteiger partial charge in [0.1, 0.15) is 5.75 Å². The molecule has 0 amide bonds. The van der Waals surface area contributed by atoms with Crippen molar-refractivity contribution < 1.29 is 4.74 Å². The zero-order valence-corrected chi connectivity index (χ0v) is 13.5. The van der Waals surface area contributed by atoms with Crippen molar-refractivity contribution in [3.05, 3.63) is 28.2 Å². The lowest BCUT2D eigenvalue weighted by Crippen LogP contribution is -2.03. The van der Waals surface area contributed by atoms with Crippen LogP contribution < -0.4 is 10.5 Å². The first-order valence-electron chi connectivity index (χ1n) is 7.39. The SMILES string of the molecule is CCCCCCCCCOc1ccc(Br)cc1CN. The molecular formula is C16H26BrNO. The molecule has 0 spiro atoms. The molecule has 0 radical (unpaired) electrons. The maximum atomic E-state index is 5.81. The number of rotatable bonds is 10. The Bertz CT molecular complexity index is 355. The van der Waals surface area contributed by atoms with E-state index in [1.54, 1.807) is 0 Å². The molecule has 2 N–H and O–H groups in total. The molecule has 0 aliphatic carbocycles. The molecule has 1 aromatic rings. The Morgan fingerprint density at radius 2 is 1.74 bits per heavy atom. The quantitative estimate of drug-likeness (QED) is 0.611. The molecule has 0 heterocycles. The van der Waals surface area contributed by atoms with E-state index in [-0.39, 0.29) is 0 Å². The molecule has 0 bridgehead atoms. The molecule has 0 aliphatic heterocycles. The van der Waals surface area contributed by atoms with Crippen molar-refractivity contribution in [2.75, 3.05) is 6.61 Å². The van der Waals surface area contributed by atoms with E-state index in [1.165, 1.54) is 38.5 Å². The van der Waals surface area contributed by atoms with Crippen LogP contribution in [0.1, 0.15) is 57.4 Å². The minimum atomic E-state index is 0.520. The largest absolute Gasteiger partial charge is 0.493 e. The minimum Gasteiger partial charge on any atom is -0.493 e. The maximum Gasteiger partial charge on any atom is 0.123 e. The lowest BCUT2D eigenvalue weighted by molar-refractivity contribution is 0.301. The average Bonchev–Trinajstić information content (AvgIpc) is 2.43. The zero-order chi connectivity index (χ0) is 13.9. The summed E-state index contributed by atoms with van der Waals surface area (Å²) in [7, 11) is 0. The smallest absolute Gasteiger partial charge is 0.123 e. The second-order valence-corrected chi connectivity index (χ2v) is 5.84. The van der Waals surface area contributed by atoms with Crippen molar-refractivity contribution in [3.8, 4) is 5.75 Å². The van der Waals surface area contributed by atoms with Gasteiger partial charge in [0.2, 0.25) is 0 Å². The number of ether oxygens (including phenoxy) is 1. The number of halogens is 1. The van der Waals surface area contributed by atoms with Gasteiger partial charge in [-0.2, -0.15) is 0 Å². The molecule has 0 aliphatic rings. The molecule has 108 valence electrons. The molecule has 0 saturated carbocycles. The van der Waals surface area contributed by atoms with Crippen LogP contribution in [-0.4, -0.2) is 6.61 Å². The van der Waals surface area contributed by atoms with Gasteiger partial charge < -0.3 is 10.5 Å². The molecule has 19 heavy (non-hydrogen) atoms. The Morgan fingerprint density at radius 1 is 1.05 bits per heavy atom. The van der Waals surface area contributed by atoms with Gasteiger partial charge in [-0.1, -0.05) is 61.4 Å². The monoisotopic (exact) mass is 327 g/mol. The summed E-state index contributed by atoms with van der Waals surface area (Å²) in [6.45, 7) is 3.56. The number of unbranched alkanes of at least 4 members (excludes halogenated alkanes) is 6. The Hall–Kier alpha value is -0.540. The van der Waals surface area contributed by atoms with Gasteiger partial charge in [-0.25, -0.2) is 0 Å². The molecule has 0 atom stereocenters. The van der Waals surface area contributed by atoms with Crippen LogP contribution in [0.15, 0.2) is 22.7 Å². The molecule has 3 heteroatoms. The number of hydrogen-bond acceptors (Lipinski definition) is 2. The van der Waals surface area contributed by atoms with Gasteiger partial charge in [-0.3, -0.25) is 0 Å². The van der Waals surface area contributed by atoms with E-state index in [0.29, 0.717) is 6.54 Å². The highest BCUT2D eigenvalue weighted by atomic mass is 79.9. The fourth-order valence-corrected chi connectivity index (χ4v) is 2.50. The lowest BCUT2D eigenvalue weighted by Gasteiger charge is -2.10. The normalized spacial score (nSPS) is 10.7. The van der Waals surface area contributed by atoms with Crippen LogP contribution in [0.4, 0.5) is 0 Å². The third-order valence-corrected chi connectivity index (χ3v) is 3.74. The molecular weight excluding hydrogens is 302 g/mol. The molecule has 0 fully saturated rings. The highest BCUT2D eigenvalue weighted by Gasteiger charge is 2.02. The van der Waals surface area contributed by atoms with Crippen LogP contribution in [0, 0.1) is 0 Å². The van der Waals surface area contributed by atoms with Crippen molar-refractivity contribution in [2.45, 2.75) is 58.4 Å². The molecule has 1 aromatic carbocycles. The first kappa shape index (κ1) is 16.5. The van der Waals surface area contributed by atoms with Crippen LogP contribution in [0.5, 0.6) is 5.75 Å². The molecule has 1 rings (SSSR count). The summed E-state index contributed by atoms with van der Waals surface area (Å²) in [5, 5.41) is 0. The summed E-state index contributed by atoms with van der Waals surface area (Å²) in [5.41, 5.74) is 6.78. The van der Waals surface area contributed by atoms with Crippen molar-refractivity contribution in [1.82, 2.24) is 0 Å². The Balaban J connectivity index is 2.15. The van der Waals surface area contributed by atoms with Crippen LogP contribution in [0.25, 0.3) is 0 Å². The second-order valence-electron chi connectivity index (χ2n) is 4.93. The van der Waals surface area contributed by atoms with E-state index in [9.17, 15) is 0 Å². The zero-order valence-electron chi connectivity index (χ0n) is 12.0. The van der Waals surface area contributed by atoms with E-state index in [1.807, 2.05) is 18.2 Å². The minimum absolute atomic E-state index is 0.520. The third kappa shape index (κ3) is 6.98. The fourth-order valence-electron chi connectivity index (χ4n) is 2.09. The second kappa shape index (κ2) is 10.3. The lowest BCUT2D eigenvalue weighted by atomic mass is 10.1. The standard InChI is InChI=1S/C16H26BrNO/c1-2-3-4-5-6-7-8-11-19-16-10-9-15(17)12-14(16)13-18/h9-10,12H,2-8,11,13,18H2,1H3. The summed E-state index contributed by atoms with van der Waals surface area (Å²) in [4.78, 5) is 0. The van der Waals surface area contributed by atoms with Crippen LogP contribution in [0.3, 0.4) is 0 Å². The van der Waals surface area contributed by atoms with Gasteiger partial charge in [-0.05, 0) is 24.6 Å². The first-order chi connectivity index (χ1) is 9.27. The van der Waals surface area contributed by atoms with Crippen molar-refractivity contribution in [2.24, 2.45) is 5.73 Å². The Morgan fingerprint density at radius 3 is 2.42 bits per heavy atom. The highest BCUT2D eigenvalue weighted by molar-refractivity contribution is 9.10. The van der Waals surface area contributed by atoms with E-state index < -0.39 is 0 Å². The van der Waals surface area contributed by atoms with E-state index in [0.717, 1.165) is 28.8 Å². The Kier molecular flexibility index (Phi) is 8.93. The van der Waals surface area contributed by atoms with Crippen molar-refractivity contribution in [1.29, 1.82) is 0 Å². The van der Waals surface area contributed by atoms with Crippen molar-refractivity contribution in [3.63, 3.8) is 0 Å². The molecule has 0 unspecified atom stereocenters. The summed E-state index contributed by atoms with van der Waals surface area (Å²) < 4.78 is 6.86. The summed E-state index contributed by atoms with van der Waals surface area (Å²) >= 11 is 3.45. The predicted molar refractivity (Wildman–Crippen MR) is 85.5 cm³/mol. The van der Waals surface area contributed by atoms with Gasteiger partial charge in [0.25, 0.3) is 0 Å². The van der Waals surface area contributed by atoms with Crippen LogP contribution >= 0.6 is 15.9 Å². The summed E-state index contributed by atoms with van der Waals surface area (Å²) in [6.07, 6.45) is 9.14. The number of nitrogens with two attached hydrogens (primary N) is 1. The van der Waals surface area contributed by atoms with Crippen molar-refractivity contribution >= 4 is 15.9 Å². The molecule has 0 aromatic heterocycles. The van der Waals surface area contributed by atoms with Crippen LogP contribution in [0.2, 0.25) is 0 Å². The van der Waals surface area contributed by atoms with E-state index >= 15 is 0 Å². The maximum absolute atomic E-state index is 5.81. The van der Waals surface area contributed by atoms with E-state index in [2.05, 4.69) is 22.9 Å². The van der Waals surface area contributed by atoms with E-state index in [4.69, 9.17) is 10.5 Å². The van der Waals surface area contributed by atoms with Gasteiger partial charge in [0.15, 0.2) is 0 Å². The van der Waals surface area contributed by atoms with Gasteiger partial charge in [0, 0.05) is 16.6 Å². The fraction of sp³-hybridized carbons (Fsp3) is 0.625. The van der Waals surface area contributed by atoms with Gasteiger partial charge in [-0.15, -0.1) is 0 Å². The summed E-state index contributed by atoms with van der Waals surface area (Å²) in [5.74, 6) is 0.927. The summed E-state index contributed by atoms with van der Waals surface area (Å²) in [6, 6.07) is 6.02. The average molecular weight is 328 g/mol. The first-order valence-corrected chi connectivity index (χ1v) is 8.18. The molecule has 0 saturated heterocycles. The molecule has 2 nitrogen and oxygen atoms in total. The van der Waals surface area contributed by atoms with Gasteiger partial charge in [0.05, 0.1) is 6.61 Å². The van der Waals surface area contributed by atoms with Crippen LogP contribution in [-0.2, 0) is 6.54 Å². The predicted octanol–water partition coefficient (Wildman–Crippen LogP) is 5.04. The third-order valence-electron chi connectivity index (χ3n) is 3.25.